The Morgan fingerprint density at radius 2 is 1.72 bits per heavy atom. The molecule has 2 aromatic carbocycles. The van der Waals surface area contributed by atoms with E-state index in [2.05, 4.69) is 4.99 Å². The molecule has 1 aliphatic rings. The lowest BCUT2D eigenvalue weighted by Crippen LogP contribution is -2.41. The zero-order chi connectivity index (χ0) is 26.1. The summed E-state index contributed by atoms with van der Waals surface area (Å²) in [4.78, 5) is 30.0. The van der Waals surface area contributed by atoms with E-state index in [4.69, 9.17) is 4.74 Å². The van der Waals surface area contributed by atoms with Gasteiger partial charge in [-0.2, -0.15) is 18.2 Å². The molecule has 2 amide bonds. The number of alkyl halides is 3. The van der Waals surface area contributed by atoms with Gasteiger partial charge in [-0.1, -0.05) is 42.5 Å². The van der Waals surface area contributed by atoms with Gasteiger partial charge in [-0.3, -0.25) is 4.79 Å². The van der Waals surface area contributed by atoms with E-state index in [1.54, 1.807) is 15.7 Å². The molecule has 0 saturated carbocycles. The van der Waals surface area contributed by atoms with E-state index in [0.29, 0.717) is 25.9 Å². The molecule has 192 valence electrons. The van der Waals surface area contributed by atoms with E-state index >= 15 is 0 Å². The number of likely N-dealkylation sites (tertiary alicyclic amines) is 1. The van der Waals surface area contributed by atoms with Crippen molar-refractivity contribution in [1.29, 1.82) is 0 Å². The van der Waals surface area contributed by atoms with Crippen LogP contribution in [0.25, 0.3) is 10.8 Å². The highest BCUT2D eigenvalue weighted by molar-refractivity contribution is 7.09. The Hall–Kier alpha value is -3.14. The first-order chi connectivity index (χ1) is 16.9. The van der Waals surface area contributed by atoms with E-state index in [1.807, 2.05) is 63.2 Å². The Kier molecular flexibility index (Phi) is 7.26. The SMILES string of the molecule is CC(C)(C)OC(=O)N1CCC(c2cn(Cc3cccc4ccccc34)c(=NC(=O)C(F)(F)F)s2)CC1. The third-order valence-corrected chi connectivity index (χ3v) is 7.13. The number of halogens is 3. The maximum Gasteiger partial charge on any atom is 0.473 e. The first kappa shape index (κ1) is 25.9. The lowest BCUT2D eigenvalue weighted by molar-refractivity contribution is -0.169. The number of aromatic nitrogens is 1. The zero-order valence-corrected chi connectivity index (χ0v) is 21.2. The number of nitrogens with zero attached hydrogens (tertiary/aromatic N) is 3. The van der Waals surface area contributed by atoms with Gasteiger partial charge < -0.3 is 14.2 Å². The third-order valence-electron chi connectivity index (χ3n) is 5.95. The Bertz CT molecular complexity index is 1320. The Morgan fingerprint density at radius 3 is 2.39 bits per heavy atom. The molecule has 0 bridgehead atoms. The van der Waals surface area contributed by atoms with Crippen LogP contribution in [0.2, 0.25) is 0 Å². The summed E-state index contributed by atoms with van der Waals surface area (Å²) < 4.78 is 46.1. The summed E-state index contributed by atoms with van der Waals surface area (Å²) in [6, 6.07) is 13.6. The molecule has 1 aromatic heterocycles. The summed E-state index contributed by atoms with van der Waals surface area (Å²) in [5.41, 5.74) is 0.328. The van der Waals surface area contributed by atoms with Crippen LogP contribution in [0.15, 0.2) is 53.7 Å². The monoisotopic (exact) mass is 519 g/mol. The molecule has 0 radical (unpaired) electrons. The molecule has 0 unspecified atom stereocenters. The molecule has 2 heterocycles. The zero-order valence-electron chi connectivity index (χ0n) is 20.3. The summed E-state index contributed by atoms with van der Waals surface area (Å²) in [6.45, 7) is 6.67. The molecule has 10 heteroatoms. The fraction of sp³-hybridized carbons (Fsp3) is 0.423. The molecular formula is C26H28F3N3O3S. The number of rotatable bonds is 3. The van der Waals surface area contributed by atoms with E-state index in [1.165, 1.54) is 0 Å². The molecule has 3 aromatic rings. The quantitative estimate of drug-likeness (QED) is 0.436. The van der Waals surface area contributed by atoms with E-state index in [0.717, 1.165) is 32.5 Å². The second-order valence-electron chi connectivity index (χ2n) is 9.84. The second-order valence-corrected chi connectivity index (χ2v) is 10.9. The van der Waals surface area contributed by atoms with Gasteiger partial charge in [0.15, 0.2) is 4.80 Å². The van der Waals surface area contributed by atoms with Crippen molar-refractivity contribution in [3.63, 3.8) is 0 Å². The third kappa shape index (κ3) is 6.16. The summed E-state index contributed by atoms with van der Waals surface area (Å²) in [5, 5.41) is 2.00. The summed E-state index contributed by atoms with van der Waals surface area (Å²) in [6.07, 6.45) is -2.34. The smallest absolute Gasteiger partial charge is 0.444 e. The maximum absolute atomic E-state index is 13.0. The maximum atomic E-state index is 13.0. The van der Waals surface area contributed by atoms with Crippen molar-refractivity contribution in [2.45, 2.75) is 57.9 Å². The van der Waals surface area contributed by atoms with Crippen molar-refractivity contribution >= 4 is 34.1 Å². The van der Waals surface area contributed by atoms with Gasteiger partial charge in [0.1, 0.15) is 5.60 Å². The van der Waals surface area contributed by atoms with Gasteiger partial charge in [0.05, 0.1) is 6.54 Å². The predicted octanol–water partition coefficient (Wildman–Crippen LogP) is 5.86. The number of hydrogen-bond donors (Lipinski definition) is 0. The van der Waals surface area contributed by atoms with Crippen molar-refractivity contribution in [1.82, 2.24) is 9.47 Å². The molecule has 6 nitrogen and oxygen atoms in total. The molecule has 1 saturated heterocycles. The standard InChI is InChI=1S/C26H28F3N3O3S/c1-25(2,3)35-24(34)31-13-11-18(12-14-31)21-16-32(23(36-21)30-22(33)26(27,28)29)15-19-9-6-8-17-7-4-5-10-20(17)19/h4-10,16,18H,11-15H2,1-3H3. The second kappa shape index (κ2) is 10.1. The molecular weight excluding hydrogens is 491 g/mol. The molecule has 0 atom stereocenters. The van der Waals surface area contributed by atoms with E-state index in [9.17, 15) is 22.8 Å². The van der Waals surface area contributed by atoms with Crippen molar-refractivity contribution in [3.05, 3.63) is 63.9 Å². The summed E-state index contributed by atoms with van der Waals surface area (Å²) in [5.74, 6) is -2.08. The number of fused-ring (bicyclic) bond motifs is 1. The van der Waals surface area contributed by atoms with Crippen LogP contribution in [0.5, 0.6) is 0 Å². The van der Waals surface area contributed by atoms with Gasteiger partial charge in [-0.15, -0.1) is 11.3 Å². The van der Waals surface area contributed by atoms with Crippen molar-refractivity contribution in [2.75, 3.05) is 13.1 Å². The average molecular weight is 520 g/mol. The highest BCUT2D eigenvalue weighted by Crippen LogP contribution is 2.31. The minimum absolute atomic E-state index is 0.00910. The first-order valence-corrected chi connectivity index (χ1v) is 12.5. The number of ether oxygens (including phenoxy) is 1. The highest BCUT2D eigenvalue weighted by Gasteiger charge is 2.39. The predicted molar refractivity (Wildman–Crippen MR) is 132 cm³/mol. The van der Waals surface area contributed by atoms with Crippen molar-refractivity contribution < 1.29 is 27.5 Å². The number of benzene rings is 2. The molecule has 4 rings (SSSR count). The number of carbonyl (C=O) groups excluding carboxylic acids is 2. The summed E-state index contributed by atoms with van der Waals surface area (Å²) in [7, 11) is 0. The van der Waals surface area contributed by atoms with Crippen LogP contribution in [-0.2, 0) is 16.1 Å². The lowest BCUT2D eigenvalue weighted by Gasteiger charge is -2.33. The molecule has 0 spiro atoms. The molecule has 1 fully saturated rings. The fourth-order valence-electron chi connectivity index (χ4n) is 4.23. The fourth-order valence-corrected chi connectivity index (χ4v) is 5.38. The number of amides is 2. The minimum Gasteiger partial charge on any atom is -0.444 e. The topological polar surface area (TPSA) is 63.9 Å². The number of piperidine rings is 1. The molecule has 0 N–H and O–H groups in total. The van der Waals surface area contributed by atoms with E-state index in [-0.39, 0.29) is 23.4 Å². The lowest BCUT2D eigenvalue weighted by atomic mass is 9.96. The van der Waals surface area contributed by atoms with Gasteiger partial charge >= 0.3 is 18.2 Å². The van der Waals surface area contributed by atoms with Crippen LogP contribution in [0.3, 0.4) is 0 Å². The van der Waals surface area contributed by atoms with Crippen molar-refractivity contribution in [2.24, 2.45) is 4.99 Å². The minimum atomic E-state index is -5.04. The normalized spacial score (nSPS) is 15.9. The van der Waals surface area contributed by atoms with Crippen LogP contribution < -0.4 is 4.80 Å². The van der Waals surface area contributed by atoms with Crippen LogP contribution in [0.1, 0.15) is 50.0 Å². The average Bonchev–Trinajstić information content (AvgIpc) is 3.20. The van der Waals surface area contributed by atoms with Crippen LogP contribution in [-0.4, -0.2) is 46.3 Å². The number of carbonyl (C=O) groups is 2. The molecule has 0 aliphatic carbocycles. The van der Waals surface area contributed by atoms with Gasteiger partial charge in [-0.05, 0) is 55.9 Å². The number of hydrogen-bond acceptors (Lipinski definition) is 4. The van der Waals surface area contributed by atoms with Crippen LogP contribution in [0.4, 0.5) is 18.0 Å². The molecule has 1 aliphatic heterocycles. The van der Waals surface area contributed by atoms with Crippen LogP contribution >= 0.6 is 11.3 Å². The first-order valence-electron chi connectivity index (χ1n) is 11.7. The van der Waals surface area contributed by atoms with Gasteiger partial charge in [-0.25, -0.2) is 4.79 Å². The van der Waals surface area contributed by atoms with Crippen molar-refractivity contribution in [3.8, 4) is 0 Å². The van der Waals surface area contributed by atoms with Crippen LogP contribution in [0, 0.1) is 0 Å². The largest absolute Gasteiger partial charge is 0.473 e. The van der Waals surface area contributed by atoms with Gasteiger partial charge in [0, 0.05) is 24.2 Å². The van der Waals surface area contributed by atoms with Gasteiger partial charge in [0.25, 0.3) is 0 Å². The Morgan fingerprint density at radius 1 is 1.06 bits per heavy atom. The summed E-state index contributed by atoms with van der Waals surface area (Å²) >= 11 is 1.10. The van der Waals surface area contributed by atoms with Gasteiger partial charge in [0.2, 0.25) is 0 Å². The Balaban J connectivity index is 1.61. The van der Waals surface area contributed by atoms with E-state index < -0.39 is 17.7 Å². The highest BCUT2D eigenvalue weighted by atomic mass is 32.1. The Labute approximate surface area is 211 Å². The molecule has 36 heavy (non-hydrogen) atoms. The number of thiazole rings is 1.